The summed E-state index contributed by atoms with van der Waals surface area (Å²) in [4.78, 5) is 10.9. The van der Waals surface area contributed by atoms with Crippen LogP contribution in [0.25, 0.3) is 0 Å². The second-order valence-corrected chi connectivity index (χ2v) is 2.50. The highest BCUT2D eigenvalue weighted by atomic mass is 16.8. The highest BCUT2D eigenvalue weighted by Gasteiger charge is 2.13. The van der Waals surface area contributed by atoms with Crippen LogP contribution in [0.2, 0.25) is 0 Å². The largest absolute Gasteiger partial charge is 0.516 e. The molecular formula is C8H12O6. The van der Waals surface area contributed by atoms with Crippen LogP contribution in [-0.2, 0) is 18.9 Å². The highest BCUT2D eigenvalue weighted by molar-refractivity contribution is 5.61. The third-order valence-electron chi connectivity index (χ3n) is 1.41. The Balaban J connectivity index is 2.04. The van der Waals surface area contributed by atoms with E-state index in [1.165, 1.54) is 6.26 Å². The van der Waals surface area contributed by atoms with Gasteiger partial charge < -0.3 is 24.1 Å². The molecule has 0 aliphatic carbocycles. The lowest BCUT2D eigenvalue weighted by Gasteiger charge is -2.04. The lowest BCUT2D eigenvalue weighted by atomic mass is 10.3. The molecule has 1 heterocycles. The lowest BCUT2D eigenvalue weighted by molar-refractivity contribution is 0.00278. The van der Waals surface area contributed by atoms with Crippen molar-refractivity contribution in [1.82, 2.24) is 0 Å². The first-order valence-corrected chi connectivity index (χ1v) is 4.23. The van der Waals surface area contributed by atoms with Crippen molar-refractivity contribution < 1.29 is 28.8 Å². The predicted molar refractivity (Wildman–Crippen MR) is 43.9 cm³/mol. The number of hydrogen-bond donors (Lipinski definition) is 1. The number of aliphatic hydroxyl groups excluding tert-OH is 1. The summed E-state index contributed by atoms with van der Waals surface area (Å²) in [5, 5.41) is 8.44. The number of carbonyl (C=O) groups excluding carboxylic acids is 1. The summed E-state index contributed by atoms with van der Waals surface area (Å²) in [5.41, 5.74) is 0. The third-order valence-corrected chi connectivity index (χ3v) is 1.41. The zero-order valence-electron chi connectivity index (χ0n) is 7.60. The van der Waals surface area contributed by atoms with E-state index in [2.05, 4.69) is 14.2 Å². The average Bonchev–Trinajstić information content (AvgIpc) is 2.65. The van der Waals surface area contributed by atoms with Gasteiger partial charge in [0, 0.05) is 6.61 Å². The van der Waals surface area contributed by atoms with Gasteiger partial charge in [0.2, 0.25) is 6.79 Å². The second-order valence-electron chi connectivity index (χ2n) is 2.50. The van der Waals surface area contributed by atoms with E-state index < -0.39 is 6.16 Å². The third kappa shape index (κ3) is 3.99. The molecule has 0 radical (unpaired) electrons. The zero-order chi connectivity index (χ0) is 10.2. The van der Waals surface area contributed by atoms with Crippen LogP contribution in [0.3, 0.4) is 0 Å². The van der Waals surface area contributed by atoms with E-state index in [0.29, 0.717) is 12.8 Å². The molecule has 6 nitrogen and oxygen atoms in total. The number of unbranched alkanes of at least 4 members (excludes halogenated alkanes) is 1. The van der Waals surface area contributed by atoms with E-state index in [0.717, 1.165) is 0 Å². The Hall–Kier alpha value is -1.43. The summed E-state index contributed by atoms with van der Waals surface area (Å²) in [5.74, 6) is -0.00263. The molecule has 0 amide bonds. The Morgan fingerprint density at radius 2 is 2.43 bits per heavy atom. The van der Waals surface area contributed by atoms with Crippen molar-refractivity contribution in [2.75, 3.05) is 20.0 Å². The molecule has 0 aromatic rings. The summed E-state index contributed by atoms with van der Waals surface area (Å²) in [6, 6.07) is 0. The summed E-state index contributed by atoms with van der Waals surface area (Å²) in [6.07, 6.45) is 1.55. The van der Waals surface area contributed by atoms with Crippen LogP contribution >= 0.6 is 0 Å². The fourth-order valence-electron chi connectivity index (χ4n) is 0.763. The fourth-order valence-corrected chi connectivity index (χ4v) is 0.763. The molecular weight excluding hydrogens is 192 g/mol. The Morgan fingerprint density at radius 1 is 1.57 bits per heavy atom. The van der Waals surface area contributed by atoms with E-state index >= 15 is 0 Å². The van der Waals surface area contributed by atoms with E-state index in [-0.39, 0.29) is 26.0 Å². The molecule has 1 aliphatic rings. The molecule has 0 spiro atoms. The smallest absolute Gasteiger partial charge is 0.458 e. The van der Waals surface area contributed by atoms with Crippen LogP contribution in [0, 0.1) is 0 Å². The number of carbonyl (C=O) groups is 1. The van der Waals surface area contributed by atoms with Crippen LogP contribution in [-0.4, -0.2) is 31.3 Å². The summed E-state index contributed by atoms with van der Waals surface area (Å²) in [6.45, 7) is 0.348. The van der Waals surface area contributed by atoms with Gasteiger partial charge >= 0.3 is 12.1 Å². The fraction of sp³-hybridized carbons (Fsp3) is 0.625. The van der Waals surface area contributed by atoms with Gasteiger partial charge in [0.1, 0.15) is 0 Å². The van der Waals surface area contributed by atoms with Crippen molar-refractivity contribution in [2.45, 2.75) is 12.8 Å². The van der Waals surface area contributed by atoms with Gasteiger partial charge in [-0.15, -0.1) is 0 Å². The van der Waals surface area contributed by atoms with Gasteiger partial charge in [-0.2, -0.15) is 0 Å². The molecule has 1 aliphatic heterocycles. The highest BCUT2D eigenvalue weighted by Crippen LogP contribution is 2.08. The maximum atomic E-state index is 10.9. The summed E-state index contributed by atoms with van der Waals surface area (Å²) in [7, 11) is 0. The van der Waals surface area contributed by atoms with Gasteiger partial charge in [-0.05, 0) is 12.8 Å². The van der Waals surface area contributed by atoms with Crippen LogP contribution in [0.5, 0.6) is 0 Å². The number of ether oxygens (including phenoxy) is 4. The van der Waals surface area contributed by atoms with Gasteiger partial charge in [-0.25, -0.2) is 4.79 Å². The molecule has 0 aromatic carbocycles. The molecule has 0 bridgehead atoms. The monoisotopic (exact) mass is 204 g/mol. The second kappa shape index (κ2) is 6.09. The van der Waals surface area contributed by atoms with Crippen molar-refractivity contribution in [3.05, 3.63) is 12.2 Å². The number of rotatable bonds is 5. The normalized spacial score (nSPS) is 13.9. The molecule has 1 N–H and O–H groups in total. The van der Waals surface area contributed by atoms with Gasteiger partial charge in [0.15, 0.2) is 6.26 Å². The van der Waals surface area contributed by atoms with Crippen LogP contribution < -0.4 is 0 Å². The molecule has 0 saturated carbocycles. The van der Waals surface area contributed by atoms with Gasteiger partial charge in [-0.1, -0.05) is 0 Å². The molecule has 0 aromatic heterocycles. The first-order chi connectivity index (χ1) is 6.83. The lowest BCUT2D eigenvalue weighted by Crippen LogP contribution is -2.08. The Kier molecular flexibility index (Phi) is 4.63. The predicted octanol–water partition coefficient (Wildman–Crippen LogP) is 0.715. The molecule has 80 valence electrons. The quantitative estimate of drug-likeness (QED) is 0.525. The van der Waals surface area contributed by atoms with Gasteiger partial charge in [0.05, 0.1) is 6.61 Å². The minimum absolute atomic E-state index is 0.00263. The van der Waals surface area contributed by atoms with Crippen LogP contribution in [0.4, 0.5) is 4.79 Å². The minimum atomic E-state index is -0.834. The molecule has 0 fully saturated rings. The van der Waals surface area contributed by atoms with Gasteiger partial charge in [-0.3, -0.25) is 0 Å². The molecule has 0 atom stereocenters. The van der Waals surface area contributed by atoms with E-state index in [9.17, 15) is 4.79 Å². The van der Waals surface area contributed by atoms with Crippen LogP contribution in [0.1, 0.15) is 12.8 Å². The first-order valence-electron chi connectivity index (χ1n) is 4.23. The number of aliphatic hydroxyl groups is 1. The molecule has 0 unspecified atom stereocenters. The van der Waals surface area contributed by atoms with E-state index in [1.807, 2.05) is 0 Å². The topological polar surface area (TPSA) is 74.2 Å². The Morgan fingerprint density at radius 3 is 3.07 bits per heavy atom. The summed E-state index contributed by atoms with van der Waals surface area (Å²) < 4.78 is 18.6. The Labute approximate surface area is 81.0 Å². The van der Waals surface area contributed by atoms with Crippen molar-refractivity contribution in [2.24, 2.45) is 0 Å². The van der Waals surface area contributed by atoms with Crippen molar-refractivity contribution in [3.8, 4) is 0 Å². The average molecular weight is 204 g/mol. The van der Waals surface area contributed by atoms with E-state index in [1.54, 1.807) is 0 Å². The SMILES string of the molecule is O=C(OCCCCO)OC1=COCO1. The standard InChI is InChI=1S/C8H12O6/c9-3-1-2-4-12-8(10)14-7-5-11-6-13-7/h5,9H,1-4,6H2. The van der Waals surface area contributed by atoms with Crippen molar-refractivity contribution >= 4 is 6.16 Å². The van der Waals surface area contributed by atoms with E-state index in [4.69, 9.17) is 9.84 Å². The zero-order valence-corrected chi connectivity index (χ0v) is 7.60. The Bertz CT molecular complexity index is 212. The molecule has 0 saturated heterocycles. The number of hydrogen-bond acceptors (Lipinski definition) is 6. The molecule has 6 heteroatoms. The molecule has 1 rings (SSSR count). The van der Waals surface area contributed by atoms with Crippen molar-refractivity contribution in [1.29, 1.82) is 0 Å². The maximum Gasteiger partial charge on any atom is 0.516 e. The summed E-state index contributed by atoms with van der Waals surface area (Å²) >= 11 is 0. The maximum absolute atomic E-state index is 10.9. The van der Waals surface area contributed by atoms with Crippen molar-refractivity contribution in [3.63, 3.8) is 0 Å². The first kappa shape index (κ1) is 10.6. The van der Waals surface area contributed by atoms with Crippen LogP contribution in [0.15, 0.2) is 12.2 Å². The van der Waals surface area contributed by atoms with Gasteiger partial charge in [0.25, 0.3) is 0 Å². The molecule has 14 heavy (non-hydrogen) atoms. The minimum Gasteiger partial charge on any atom is -0.458 e.